The van der Waals surface area contributed by atoms with Gasteiger partial charge in [-0.05, 0) is 44.6 Å². The summed E-state index contributed by atoms with van der Waals surface area (Å²) in [6, 6.07) is 0.574. The van der Waals surface area contributed by atoms with Crippen molar-refractivity contribution in [1.82, 2.24) is 19.2 Å². The molecule has 2 aliphatic rings. The molecule has 1 fully saturated rings. The first-order valence-corrected chi connectivity index (χ1v) is 8.41. The zero-order valence-corrected chi connectivity index (χ0v) is 13.6. The minimum atomic E-state index is 0.115. The van der Waals surface area contributed by atoms with Crippen molar-refractivity contribution >= 4 is 0 Å². The molecule has 0 radical (unpaired) electrons. The van der Waals surface area contributed by atoms with Crippen LogP contribution in [0.4, 0.5) is 0 Å². The van der Waals surface area contributed by atoms with Crippen LogP contribution in [0.2, 0.25) is 0 Å². The molecule has 0 amide bonds. The lowest BCUT2D eigenvalue weighted by Gasteiger charge is -2.28. The highest BCUT2D eigenvalue weighted by Gasteiger charge is 2.27. The molecule has 1 aliphatic carbocycles. The molecule has 5 nitrogen and oxygen atoms in total. The predicted octanol–water partition coefficient (Wildman–Crippen LogP) is 1.75. The monoisotopic (exact) mass is 292 g/mol. The van der Waals surface area contributed by atoms with Crippen LogP contribution in [0.5, 0.6) is 0 Å². The SMILES string of the molecule is CC(C)CN(C)C1CCc2nn(CC3CC3)c(=O)n2CC1. The molecule has 5 heteroatoms. The second-order valence-corrected chi connectivity index (χ2v) is 7.29. The van der Waals surface area contributed by atoms with E-state index in [2.05, 4.69) is 30.9 Å². The molecule has 3 rings (SSSR count). The molecule has 21 heavy (non-hydrogen) atoms. The highest BCUT2D eigenvalue weighted by molar-refractivity contribution is 4.94. The number of hydrogen-bond donors (Lipinski definition) is 0. The summed E-state index contributed by atoms with van der Waals surface area (Å²) in [4.78, 5) is 14.9. The Morgan fingerprint density at radius 3 is 2.71 bits per heavy atom. The molecule has 1 unspecified atom stereocenters. The van der Waals surface area contributed by atoms with Crippen LogP contribution in [-0.4, -0.2) is 38.9 Å². The van der Waals surface area contributed by atoms with E-state index >= 15 is 0 Å². The van der Waals surface area contributed by atoms with Crippen LogP contribution in [0.3, 0.4) is 0 Å². The standard InChI is InChI=1S/C16H28N4O/c1-12(2)10-18(3)14-6-7-15-17-20(11-13-4-5-13)16(21)19(15)9-8-14/h12-14H,4-11H2,1-3H3. The molecule has 118 valence electrons. The Hall–Kier alpha value is -1.10. The maximum Gasteiger partial charge on any atom is 0.345 e. The van der Waals surface area contributed by atoms with Crippen molar-refractivity contribution in [3.8, 4) is 0 Å². The number of fused-ring (bicyclic) bond motifs is 1. The minimum absolute atomic E-state index is 0.115. The van der Waals surface area contributed by atoms with Gasteiger partial charge in [-0.2, -0.15) is 5.10 Å². The summed E-state index contributed by atoms with van der Waals surface area (Å²) < 4.78 is 3.64. The molecule has 0 saturated heterocycles. The van der Waals surface area contributed by atoms with Gasteiger partial charge in [-0.3, -0.25) is 4.57 Å². The molecular formula is C16H28N4O. The van der Waals surface area contributed by atoms with Crippen molar-refractivity contribution < 1.29 is 0 Å². The van der Waals surface area contributed by atoms with E-state index in [4.69, 9.17) is 0 Å². The first-order chi connectivity index (χ1) is 10.0. The van der Waals surface area contributed by atoms with Crippen LogP contribution in [0.15, 0.2) is 4.79 Å². The number of hydrogen-bond acceptors (Lipinski definition) is 3. The van der Waals surface area contributed by atoms with Crippen LogP contribution in [0, 0.1) is 11.8 Å². The van der Waals surface area contributed by atoms with Crippen LogP contribution < -0.4 is 5.69 Å². The molecule has 1 aromatic heterocycles. The fourth-order valence-electron chi connectivity index (χ4n) is 3.44. The summed E-state index contributed by atoms with van der Waals surface area (Å²) in [6.07, 6.45) is 5.63. The Labute approximate surface area is 126 Å². The summed E-state index contributed by atoms with van der Waals surface area (Å²) in [7, 11) is 2.21. The Balaban J connectivity index is 1.68. The fraction of sp³-hybridized carbons (Fsp3) is 0.875. The molecule has 0 bridgehead atoms. The topological polar surface area (TPSA) is 43.1 Å². The number of rotatable bonds is 5. The average molecular weight is 292 g/mol. The van der Waals surface area contributed by atoms with E-state index in [0.717, 1.165) is 44.7 Å². The summed E-state index contributed by atoms with van der Waals surface area (Å²) in [5, 5.41) is 4.59. The molecule has 0 aromatic carbocycles. The zero-order chi connectivity index (χ0) is 15.0. The van der Waals surface area contributed by atoms with E-state index < -0.39 is 0 Å². The number of aryl methyl sites for hydroxylation is 1. The van der Waals surface area contributed by atoms with Gasteiger partial charge in [-0.1, -0.05) is 13.8 Å². The molecule has 2 heterocycles. The van der Waals surface area contributed by atoms with E-state index in [0.29, 0.717) is 17.9 Å². The van der Waals surface area contributed by atoms with Crippen molar-refractivity contribution in [2.75, 3.05) is 13.6 Å². The summed E-state index contributed by atoms with van der Waals surface area (Å²) in [5.41, 5.74) is 0.115. The highest BCUT2D eigenvalue weighted by atomic mass is 16.2. The first-order valence-electron chi connectivity index (χ1n) is 8.41. The Kier molecular flexibility index (Phi) is 4.20. The van der Waals surface area contributed by atoms with Gasteiger partial charge in [-0.25, -0.2) is 9.48 Å². The van der Waals surface area contributed by atoms with Crippen LogP contribution in [-0.2, 0) is 19.5 Å². The Morgan fingerprint density at radius 1 is 1.29 bits per heavy atom. The highest BCUT2D eigenvalue weighted by Crippen LogP contribution is 2.30. The van der Waals surface area contributed by atoms with Gasteiger partial charge in [0, 0.05) is 32.1 Å². The molecule has 1 saturated carbocycles. The van der Waals surface area contributed by atoms with Crippen LogP contribution >= 0.6 is 0 Å². The van der Waals surface area contributed by atoms with Crippen molar-refractivity contribution in [3.05, 3.63) is 16.3 Å². The van der Waals surface area contributed by atoms with Gasteiger partial charge in [0.15, 0.2) is 0 Å². The maximum absolute atomic E-state index is 12.4. The zero-order valence-electron chi connectivity index (χ0n) is 13.6. The molecule has 1 aliphatic heterocycles. The van der Waals surface area contributed by atoms with E-state index in [1.54, 1.807) is 4.68 Å². The Bertz CT molecular complexity index is 541. The van der Waals surface area contributed by atoms with Crippen molar-refractivity contribution in [2.24, 2.45) is 11.8 Å². The second-order valence-electron chi connectivity index (χ2n) is 7.29. The van der Waals surface area contributed by atoms with Crippen LogP contribution in [0.25, 0.3) is 0 Å². The molecule has 1 aromatic rings. The van der Waals surface area contributed by atoms with E-state index in [1.165, 1.54) is 12.8 Å². The lowest BCUT2D eigenvalue weighted by molar-refractivity contribution is 0.196. The van der Waals surface area contributed by atoms with Crippen molar-refractivity contribution in [3.63, 3.8) is 0 Å². The third-order valence-corrected chi connectivity index (χ3v) is 4.79. The third-order valence-electron chi connectivity index (χ3n) is 4.79. The molecular weight excluding hydrogens is 264 g/mol. The van der Waals surface area contributed by atoms with E-state index in [-0.39, 0.29) is 5.69 Å². The first kappa shape index (κ1) is 14.8. The van der Waals surface area contributed by atoms with Gasteiger partial charge in [0.2, 0.25) is 0 Å². The largest absolute Gasteiger partial charge is 0.345 e. The lowest BCUT2D eigenvalue weighted by Crippen LogP contribution is -2.35. The third kappa shape index (κ3) is 3.39. The predicted molar refractivity (Wildman–Crippen MR) is 83.4 cm³/mol. The maximum atomic E-state index is 12.4. The Morgan fingerprint density at radius 2 is 2.05 bits per heavy atom. The quantitative estimate of drug-likeness (QED) is 0.830. The molecule has 1 atom stereocenters. The average Bonchev–Trinajstić information content (AvgIpc) is 3.19. The molecule has 0 N–H and O–H groups in total. The summed E-state index contributed by atoms with van der Waals surface area (Å²) in [6.45, 7) is 7.30. The van der Waals surface area contributed by atoms with Gasteiger partial charge in [0.25, 0.3) is 0 Å². The van der Waals surface area contributed by atoms with Gasteiger partial charge in [-0.15, -0.1) is 0 Å². The van der Waals surface area contributed by atoms with Crippen molar-refractivity contribution in [2.45, 2.75) is 65.1 Å². The number of nitrogens with zero attached hydrogens (tertiary/aromatic N) is 4. The van der Waals surface area contributed by atoms with Crippen LogP contribution in [0.1, 0.15) is 45.4 Å². The fourth-order valence-corrected chi connectivity index (χ4v) is 3.44. The smallest absolute Gasteiger partial charge is 0.303 e. The second kappa shape index (κ2) is 5.95. The van der Waals surface area contributed by atoms with Gasteiger partial charge >= 0.3 is 5.69 Å². The molecule has 0 spiro atoms. The van der Waals surface area contributed by atoms with Gasteiger partial charge < -0.3 is 4.90 Å². The summed E-state index contributed by atoms with van der Waals surface area (Å²) in [5.74, 6) is 2.39. The normalized spacial score (nSPS) is 22.6. The van der Waals surface area contributed by atoms with Crippen molar-refractivity contribution in [1.29, 1.82) is 0 Å². The minimum Gasteiger partial charge on any atom is -0.303 e. The van der Waals surface area contributed by atoms with E-state index in [1.807, 2.05) is 4.57 Å². The lowest BCUT2D eigenvalue weighted by atomic mass is 10.1. The van der Waals surface area contributed by atoms with Gasteiger partial charge in [0.05, 0.1) is 0 Å². The van der Waals surface area contributed by atoms with Gasteiger partial charge in [0.1, 0.15) is 5.82 Å². The number of aromatic nitrogens is 3. The summed E-state index contributed by atoms with van der Waals surface area (Å²) >= 11 is 0. The van der Waals surface area contributed by atoms with E-state index in [9.17, 15) is 4.79 Å².